The van der Waals surface area contributed by atoms with Gasteiger partial charge in [0.15, 0.2) is 11.6 Å². The molecule has 0 bridgehead atoms. The Labute approximate surface area is 147 Å². The maximum absolute atomic E-state index is 13.5. The van der Waals surface area contributed by atoms with Gasteiger partial charge in [-0.3, -0.25) is 0 Å². The Balaban J connectivity index is 2.43. The number of ether oxygens (including phenoxy) is 1. The van der Waals surface area contributed by atoms with Crippen LogP contribution in [0.25, 0.3) is 0 Å². The number of hydrogen-bond donors (Lipinski definition) is 0. The monoisotopic (exact) mass is 369 g/mol. The minimum Gasteiger partial charge on any atom is -0.496 e. The second kappa shape index (κ2) is 7.09. The van der Waals surface area contributed by atoms with Crippen LogP contribution in [-0.2, 0) is 10.0 Å². The minimum atomic E-state index is -3.82. The fourth-order valence-corrected chi connectivity index (χ4v) is 4.26. The molecule has 0 saturated heterocycles. The summed E-state index contributed by atoms with van der Waals surface area (Å²) in [5, 5.41) is 0. The van der Waals surface area contributed by atoms with E-state index in [9.17, 15) is 17.2 Å². The van der Waals surface area contributed by atoms with Gasteiger partial charge in [0.25, 0.3) is 0 Å². The van der Waals surface area contributed by atoms with Crippen molar-refractivity contribution in [2.24, 2.45) is 0 Å². The van der Waals surface area contributed by atoms with E-state index in [1.807, 2.05) is 0 Å². The van der Waals surface area contributed by atoms with Gasteiger partial charge in [-0.05, 0) is 61.7 Å². The molecule has 2 aromatic carbocycles. The molecule has 2 aromatic rings. The van der Waals surface area contributed by atoms with Crippen molar-refractivity contribution in [3.63, 3.8) is 0 Å². The first-order chi connectivity index (χ1) is 11.6. The lowest BCUT2D eigenvalue weighted by Gasteiger charge is -2.25. The van der Waals surface area contributed by atoms with Gasteiger partial charge in [0.05, 0.1) is 12.0 Å². The van der Waals surface area contributed by atoms with Crippen LogP contribution in [0.15, 0.2) is 35.2 Å². The van der Waals surface area contributed by atoms with Gasteiger partial charge in [0.1, 0.15) is 5.75 Å². The molecule has 0 amide bonds. The van der Waals surface area contributed by atoms with Crippen molar-refractivity contribution in [1.82, 2.24) is 4.31 Å². The predicted molar refractivity (Wildman–Crippen MR) is 92.2 cm³/mol. The molecule has 0 aliphatic carbocycles. The van der Waals surface area contributed by atoms with Crippen molar-refractivity contribution in [3.05, 3.63) is 58.7 Å². The SMILES string of the molecule is COc1c(C)cc(S(=O)(=O)N(C)C(C)c2ccc(F)c(F)c2)cc1C. The molecule has 0 heterocycles. The Kier molecular flexibility index (Phi) is 5.49. The predicted octanol–water partition coefficient (Wildman–Crippen LogP) is 3.97. The van der Waals surface area contributed by atoms with E-state index in [1.54, 1.807) is 20.8 Å². The summed E-state index contributed by atoms with van der Waals surface area (Å²) in [5.74, 6) is -1.34. The molecular weight excluding hydrogens is 348 g/mol. The third-order valence-electron chi connectivity index (χ3n) is 4.29. The zero-order valence-corrected chi connectivity index (χ0v) is 15.6. The van der Waals surface area contributed by atoms with Crippen LogP contribution in [0.3, 0.4) is 0 Å². The van der Waals surface area contributed by atoms with Crippen LogP contribution in [0.5, 0.6) is 5.75 Å². The fraction of sp³-hybridized carbons (Fsp3) is 0.333. The molecule has 0 aliphatic heterocycles. The van der Waals surface area contributed by atoms with Crippen LogP contribution in [0, 0.1) is 25.5 Å². The quantitative estimate of drug-likeness (QED) is 0.801. The molecular formula is C18H21F2NO3S. The number of halogens is 2. The Hall–Kier alpha value is -1.99. The molecule has 0 fully saturated rings. The fourth-order valence-electron chi connectivity index (χ4n) is 2.74. The topological polar surface area (TPSA) is 46.6 Å². The zero-order chi connectivity index (χ0) is 18.9. The van der Waals surface area contributed by atoms with Gasteiger partial charge in [-0.1, -0.05) is 6.07 Å². The smallest absolute Gasteiger partial charge is 0.243 e. The zero-order valence-electron chi connectivity index (χ0n) is 14.8. The second-order valence-electron chi connectivity index (χ2n) is 5.96. The number of aryl methyl sites for hydroxylation is 2. The van der Waals surface area contributed by atoms with E-state index in [-0.39, 0.29) is 4.90 Å². The van der Waals surface area contributed by atoms with Gasteiger partial charge < -0.3 is 4.74 Å². The summed E-state index contributed by atoms with van der Waals surface area (Å²) in [6.07, 6.45) is 0. The largest absolute Gasteiger partial charge is 0.496 e. The molecule has 136 valence electrons. The normalized spacial score (nSPS) is 13.1. The van der Waals surface area contributed by atoms with E-state index >= 15 is 0 Å². The number of methoxy groups -OCH3 is 1. The minimum absolute atomic E-state index is 0.125. The van der Waals surface area contributed by atoms with Gasteiger partial charge >= 0.3 is 0 Å². The Bertz CT molecular complexity index is 874. The lowest BCUT2D eigenvalue weighted by molar-refractivity contribution is 0.394. The summed E-state index contributed by atoms with van der Waals surface area (Å²) in [5.41, 5.74) is 1.77. The van der Waals surface area contributed by atoms with Crippen molar-refractivity contribution >= 4 is 10.0 Å². The van der Waals surface area contributed by atoms with Crippen LogP contribution in [0.4, 0.5) is 8.78 Å². The molecule has 1 unspecified atom stereocenters. The molecule has 0 saturated carbocycles. The van der Waals surface area contributed by atoms with E-state index in [4.69, 9.17) is 4.74 Å². The highest BCUT2D eigenvalue weighted by molar-refractivity contribution is 7.89. The first-order valence-corrected chi connectivity index (χ1v) is 9.11. The Morgan fingerprint density at radius 2 is 1.60 bits per heavy atom. The van der Waals surface area contributed by atoms with E-state index < -0.39 is 27.7 Å². The summed E-state index contributed by atoms with van der Waals surface area (Å²) in [7, 11) is -0.876. The van der Waals surface area contributed by atoms with Crippen molar-refractivity contribution < 1.29 is 21.9 Å². The molecule has 0 N–H and O–H groups in total. The van der Waals surface area contributed by atoms with Crippen LogP contribution >= 0.6 is 0 Å². The van der Waals surface area contributed by atoms with Gasteiger partial charge in [-0.25, -0.2) is 17.2 Å². The molecule has 7 heteroatoms. The van der Waals surface area contributed by atoms with E-state index in [1.165, 1.54) is 32.4 Å². The van der Waals surface area contributed by atoms with Crippen molar-refractivity contribution in [1.29, 1.82) is 0 Å². The molecule has 0 radical (unpaired) electrons. The van der Waals surface area contributed by atoms with E-state index in [0.717, 1.165) is 16.4 Å². The summed E-state index contributed by atoms with van der Waals surface area (Å²) in [6.45, 7) is 5.15. The summed E-state index contributed by atoms with van der Waals surface area (Å²) in [4.78, 5) is 0.125. The maximum Gasteiger partial charge on any atom is 0.243 e. The molecule has 0 aliphatic rings. The average Bonchev–Trinajstić information content (AvgIpc) is 2.55. The van der Waals surface area contributed by atoms with E-state index in [2.05, 4.69) is 0 Å². The van der Waals surface area contributed by atoms with Crippen molar-refractivity contribution in [2.75, 3.05) is 14.2 Å². The number of sulfonamides is 1. The molecule has 0 spiro atoms. The van der Waals surface area contributed by atoms with Gasteiger partial charge in [0.2, 0.25) is 10.0 Å². The lowest BCUT2D eigenvalue weighted by atomic mass is 10.1. The molecule has 1 atom stereocenters. The summed E-state index contributed by atoms with van der Waals surface area (Å²) >= 11 is 0. The van der Waals surface area contributed by atoms with Gasteiger partial charge in [-0.2, -0.15) is 4.31 Å². The van der Waals surface area contributed by atoms with Crippen LogP contribution in [-0.4, -0.2) is 26.9 Å². The van der Waals surface area contributed by atoms with E-state index in [0.29, 0.717) is 22.4 Å². The van der Waals surface area contributed by atoms with Gasteiger partial charge in [0, 0.05) is 13.1 Å². The third-order valence-corrected chi connectivity index (χ3v) is 6.19. The van der Waals surface area contributed by atoms with Crippen molar-refractivity contribution in [3.8, 4) is 5.75 Å². The Morgan fingerprint density at radius 1 is 1.04 bits per heavy atom. The summed E-state index contributed by atoms with van der Waals surface area (Å²) in [6, 6.07) is 5.79. The first kappa shape index (κ1) is 19.3. The van der Waals surface area contributed by atoms with Crippen LogP contribution < -0.4 is 4.74 Å². The molecule has 4 nitrogen and oxygen atoms in total. The molecule has 2 rings (SSSR count). The number of rotatable bonds is 5. The average molecular weight is 369 g/mol. The Morgan fingerprint density at radius 3 is 2.08 bits per heavy atom. The molecule has 0 aromatic heterocycles. The standard InChI is InChI=1S/C18H21F2NO3S/c1-11-8-15(9-12(2)18(11)24-5)25(22,23)21(4)13(3)14-6-7-16(19)17(20)10-14/h6-10,13H,1-5H3. The third kappa shape index (κ3) is 3.67. The second-order valence-corrected chi connectivity index (χ2v) is 7.96. The molecule has 25 heavy (non-hydrogen) atoms. The number of hydrogen-bond acceptors (Lipinski definition) is 3. The summed E-state index contributed by atoms with van der Waals surface area (Å²) < 4.78 is 58.8. The lowest BCUT2D eigenvalue weighted by Crippen LogP contribution is -2.30. The number of nitrogens with zero attached hydrogens (tertiary/aromatic N) is 1. The highest BCUT2D eigenvalue weighted by Gasteiger charge is 2.28. The highest BCUT2D eigenvalue weighted by atomic mass is 32.2. The first-order valence-electron chi connectivity index (χ1n) is 7.67. The maximum atomic E-state index is 13.5. The highest BCUT2D eigenvalue weighted by Crippen LogP contribution is 2.31. The number of benzene rings is 2. The van der Waals surface area contributed by atoms with Crippen LogP contribution in [0.1, 0.15) is 29.7 Å². The van der Waals surface area contributed by atoms with Crippen molar-refractivity contribution in [2.45, 2.75) is 31.7 Å². The van der Waals surface area contributed by atoms with Crippen LogP contribution in [0.2, 0.25) is 0 Å². The van der Waals surface area contributed by atoms with Gasteiger partial charge in [-0.15, -0.1) is 0 Å².